The van der Waals surface area contributed by atoms with Crippen molar-refractivity contribution >= 4 is 17.4 Å². The third-order valence-corrected chi connectivity index (χ3v) is 3.25. The Hall–Kier alpha value is -1.94. The number of benzene rings is 2. The molecule has 0 aromatic heterocycles. The summed E-state index contributed by atoms with van der Waals surface area (Å²) in [6, 6.07) is 8.46. The number of hydrogen-bond acceptors (Lipinski definition) is 2. The smallest absolute Gasteiger partial charge is 0.168 e. The fourth-order valence-corrected chi connectivity index (χ4v) is 2.07. The molecule has 0 atom stereocenters. The first-order valence-corrected chi connectivity index (χ1v) is 6.21. The number of ketones is 1. The van der Waals surface area contributed by atoms with Crippen LogP contribution < -0.4 is 4.74 Å². The van der Waals surface area contributed by atoms with Gasteiger partial charge < -0.3 is 4.74 Å². The second-order valence-electron chi connectivity index (χ2n) is 4.13. The van der Waals surface area contributed by atoms with Crippen molar-refractivity contribution in [2.24, 2.45) is 0 Å². The number of Topliss-reactive ketones (excluding diaryl/α,β-unsaturated/α-hetero) is 1. The van der Waals surface area contributed by atoms with E-state index >= 15 is 0 Å². The lowest BCUT2D eigenvalue weighted by molar-refractivity contribution is 0.0991. The first-order valence-electron chi connectivity index (χ1n) is 5.83. The molecule has 0 heterocycles. The molecular formula is C15H11ClF2O2. The Labute approximate surface area is 119 Å². The summed E-state index contributed by atoms with van der Waals surface area (Å²) in [5.41, 5.74) is 0.212. The van der Waals surface area contributed by atoms with Crippen molar-refractivity contribution in [1.82, 2.24) is 0 Å². The van der Waals surface area contributed by atoms with Gasteiger partial charge in [0.25, 0.3) is 0 Å². The molecule has 2 aromatic carbocycles. The molecule has 0 unspecified atom stereocenters. The molecule has 0 fully saturated rings. The molecule has 20 heavy (non-hydrogen) atoms. The Morgan fingerprint density at radius 1 is 1.20 bits per heavy atom. The number of halogens is 3. The van der Waals surface area contributed by atoms with Crippen LogP contribution in [0, 0.1) is 11.6 Å². The summed E-state index contributed by atoms with van der Waals surface area (Å²) in [5, 5.41) is -0.249. The van der Waals surface area contributed by atoms with Crippen LogP contribution in [0.1, 0.15) is 15.9 Å². The molecular weight excluding hydrogens is 286 g/mol. The highest BCUT2D eigenvalue weighted by atomic mass is 35.5. The van der Waals surface area contributed by atoms with Gasteiger partial charge in [-0.2, -0.15) is 0 Å². The Morgan fingerprint density at radius 2 is 1.90 bits per heavy atom. The van der Waals surface area contributed by atoms with Crippen LogP contribution in [-0.2, 0) is 6.42 Å². The van der Waals surface area contributed by atoms with Crippen molar-refractivity contribution in [3.63, 3.8) is 0 Å². The van der Waals surface area contributed by atoms with Gasteiger partial charge in [0.1, 0.15) is 5.82 Å². The van der Waals surface area contributed by atoms with Gasteiger partial charge in [0.05, 0.1) is 12.1 Å². The van der Waals surface area contributed by atoms with E-state index in [-0.39, 0.29) is 28.3 Å². The fraction of sp³-hybridized carbons (Fsp3) is 0.133. The van der Waals surface area contributed by atoms with Crippen LogP contribution in [0.3, 0.4) is 0 Å². The molecule has 0 saturated carbocycles. The molecule has 0 spiro atoms. The predicted molar refractivity (Wildman–Crippen MR) is 72.4 cm³/mol. The first-order chi connectivity index (χ1) is 9.54. The van der Waals surface area contributed by atoms with Crippen molar-refractivity contribution in [1.29, 1.82) is 0 Å². The highest BCUT2D eigenvalue weighted by Gasteiger charge is 2.17. The Kier molecular flexibility index (Phi) is 4.35. The molecule has 0 aliphatic rings. The van der Waals surface area contributed by atoms with E-state index in [9.17, 15) is 13.6 Å². The summed E-state index contributed by atoms with van der Waals surface area (Å²) in [6.45, 7) is 0. The second-order valence-corrected chi connectivity index (χ2v) is 4.51. The number of carbonyl (C=O) groups excluding carboxylic acids is 1. The van der Waals surface area contributed by atoms with E-state index in [0.29, 0.717) is 0 Å². The number of hydrogen-bond donors (Lipinski definition) is 0. The van der Waals surface area contributed by atoms with Gasteiger partial charge in [-0.05, 0) is 23.8 Å². The van der Waals surface area contributed by atoms with E-state index in [1.165, 1.54) is 31.4 Å². The van der Waals surface area contributed by atoms with Gasteiger partial charge in [0, 0.05) is 12.0 Å². The molecule has 0 aliphatic carbocycles. The highest BCUT2D eigenvalue weighted by molar-refractivity contribution is 6.34. The van der Waals surface area contributed by atoms with Crippen LogP contribution in [0.25, 0.3) is 0 Å². The van der Waals surface area contributed by atoms with Gasteiger partial charge in [-0.25, -0.2) is 8.78 Å². The lowest BCUT2D eigenvalue weighted by Crippen LogP contribution is -2.07. The van der Waals surface area contributed by atoms with E-state index in [0.717, 1.165) is 6.07 Å². The lowest BCUT2D eigenvalue weighted by atomic mass is 10.0. The third-order valence-electron chi connectivity index (χ3n) is 2.87. The SMILES string of the molecule is COc1cccc(CC(=O)c2cccc(F)c2Cl)c1F. The lowest BCUT2D eigenvalue weighted by Gasteiger charge is -2.08. The Morgan fingerprint density at radius 3 is 2.60 bits per heavy atom. The quantitative estimate of drug-likeness (QED) is 0.796. The van der Waals surface area contributed by atoms with Gasteiger partial charge >= 0.3 is 0 Å². The van der Waals surface area contributed by atoms with Crippen LogP contribution >= 0.6 is 11.6 Å². The van der Waals surface area contributed by atoms with E-state index in [1.54, 1.807) is 6.07 Å². The van der Waals surface area contributed by atoms with Crippen LogP contribution in [0.5, 0.6) is 5.75 Å². The van der Waals surface area contributed by atoms with Gasteiger partial charge in [0.2, 0.25) is 0 Å². The summed E-state index contributed by atoms with van der Waals surface area (Å²) in [4.78, 5) is 12.1. The molecule has 0 bridgehead atoms. The monoisotopic (exact) mass is 296 g/mol. The van der Waals surface area contributed by atoms with Crippen LogP contribution in [-0.4, -0.2) is 12.9 Å². The van der Waals surface area contributed by atoms with Crippen LogP contribution in [0.2, 0.25) is 5.02 Å². The summed E-state index contributed by atoms with van der Waals surface area (Å²) in [7, 11) is 1.34. The average Bonchev–Trinajstić information content (AvgIpc) is 2.44. The van der Waals surface area contributed by atoms with Gasteiger partial charge in [0.15, 0.2) is 17.3 Å². The number of rotatable bonds is 4. The van der Waals surface area contributed by atoms with Crippen molar-refractivity contribution in [2.45, 2.75) is 6.42 Å². The molecule has 2 aromatic rings. The summed E-state index contributed by atoms with van der Waals surface area (Å²) in [6.07, 6.45) is -0.216. The van der Waals surface area contributed by atoms with Gasteiger partial charge in [-0.15, -0.1) is 0 Å². The summed E-state index contributed by atoms with van der Waals surface area (Å²) >= 11 is 5.74. The molecule has 5 heteroatoms. The topological polar surface area (TPSA) is 26.3 Å². The summed E-state index contributed by atoms with van der Waals surface area (Å²) in [5.74, 6) is -1.68. The van der Waals surface area contributed by atoms with Crippen LogP contribution in [0.15, 0.2) is 36.4 Å². The van der Waals surface area contributed by atoms with Gasteiger partial charge in [-0.1, -0.05) is 29.8 Å². The third kappa shape index (κ3) is 2.80. The van der Waals surface area contributed by atoms with Crippen molar-refractivity contribution in [2.75, 3.05) is 7.11 Å². The molecule has 2 rings (SSSR count). The molecule has 0 amide bonds. The fourth-order valence-electron chi connectivity index (χ4n) is 1.84. The normalized spacial score (nSPS) is 10.4. The first kappa shape index (κ1) is 14.5. The highest BCUT2D eigenvalue weighted by Crippen LogP contribution is 2.24. The Balaban J connectivity index is 2.31. The molecule has 2 nitrogen and oxygen atoms in total. The van der Waals surface area contributed by atoms with E-state index < -0.39 is 17.4 Å². The molecule has 104 valence electrons. The zero-order valence-electron chi connectivity index (χ0n) is 10.6. The van der Waals surface area contributed by atoms with Crippen LogP contribution in [0.4, 0.5) is 8.78 Å². The molecule has 0 radical (unpaired) electrons. The zero-order chi connectivity index (χ0) is 14.7. The minimum atomic E-state index is -0.677. The summed E-state index contributed by atoms with van der Waals surface area (Å²) < 4.78 is 32.1. The van der Waals surface area contributed by atoms with Gasteiger partial charge in [-0.3, -0.25) is 4.79 Å². The number of methoxy groups -OCH3 is 1. The van der Waals surface area contributed by atoms with E-state index in [2.05, 4.69) is 0 Å². The largest absolute Gasteiger partial charge is 0.494 e. The van der Waals surface area contributed by atoms with Crippen molar-refractivity contribution in [3.8, 4) is 5.75 Å². The predicted octanol–water partition coefficient (Wildman–Crippen LogP) is 4.05. The molecule has 0 N–H and O–H groups in total. The minimum Gasteiger partial charge on any atom is -0.494 e. The second kappa shape index (κ2) is 6.01. The van der Waals surface area contributed by atoms with Crippen molar-refractivity contribution < 1.29 is 18.3 Å². The Bertz CT molecular complexity index is 656. The average molecular weight is 297 g/mol. The maximum Gasteiger partial charge on any atom is 0.168 e. The standard InChI is InChI=1S/C15H11ClF2O2/c1-20-13-7-2-4-9(15(13)18)8-12(19)10-5-3-6-11(17)14(10)16/h2-7H,8H2,1H3. The van der Waals surface area contributed by atoms with E-state index in [1.807, 2.05) is 0 Å². The molecule has 0 aliphatic heterocycles. The number of ether oxygens (including phenoxy) is 1. The van der Waals surface area contributed by atoms with E-state index in [4.69, 9.17) is 16.3 Å². The van der Waals surface area contributed by atoms with Crippen molar-refractivity contribution in [3.05, 3.63) is 64.2 Å². The zero-order valence-corrected chi connectivity index (χ0v) is 11.4. The number of carbonyl (C=O) groups is 1. The maximum absolute atomic E-state index is 13.9. The maximum atomic E-state index is 13.9. The molecule has 0 saturated heterocycles. The minimum absolute atomic E-state index is 0.0360.